The molecule has 94 valence electrons. The second kappa shape index (κ2) is 5.27. The third-order valence-corrected chi connectivity index (χ3v) is 1.85. The van der Waals surface area contributed by atoms with E-state index in [0.29, 0.717) is 0 Å². The first-order chi connectivity index (χ1) is 8.34. The van der Waals surface area contributed by atoms with Crippen molar-refractivity contribution in [2.45, 2.75) is 12.2 Å². The number of amides is 1. The van der Waals surface area contributed by atoms with Crippen molar-refractivity contribution in [1.82, 2.24) is 0 Å². The summed E-state index contributed by atoms with van der Waals surface area (Å²) in [5, 5.41) is 15.1. The van der Waals surface area contributed by atoms with Crippen LogP contribution in [0.1, 0.15) is 5.56 Å². The zero-order valence-electron chi connectivity index (χ0n) is 8.85. The second-order valence-electron chi connectivity index (χ2n) is 3.20. The Morgan fingerprint density at radius 2 is 2.11 bits per heavy atom. The Hall–Kier alpha value is -2.43. The van der Waals surface area contributed by atoms with Gasteiger partial charge in [-0.05, 0) is 18.2 Å². The van der Waals surface area contributed by atoms with Gasteiger partial charge in [0.15, 0.2) is 0 Å². The predicted octanol–water partition coefficient (Wildman–Crippen LogP) is 2.17. The highest BCUT2D eigenvalue weighted by Crippen LogP contribution is 2.31. The molecule has 0 saturated heterocycles. The van der Waals surface area contributed by atoms with E-state index in [-0.39, 0.29) is 5.69 Å². The van der Waals surface area contributed by atoms with Gasteiger partial charge < -0.3 is 5.73 Å². The van der Waals surface area contributed by atoms with Crippen molar-refractivity contribution in [2.75, 3.05) is 0 Å². The summed E-state index contributed by atoms with van der Waals surface area (Å²) in [7, 11) is 0. The second-order valence-corrected chi connectivity index (χ2v) is 3.20. The number of nitriles is 1. The zero-order chi connectivity index (χ0) is 13.8. The Labute approximate surface area is 99.7 Å². The van der Waals surface area contributed by atoms with Gasteiger partial charge in [-0.2, -0.15) is 28.7 Å². The van der Waals surface area contributed by atoms with Crippen LogP contribution in [0.15, 0.2) is 34.5 Å². The van der Waals surface area contributed by atoms with E-state index in [4.69, 9.17) is 11.0 Å². The van der Waals surface area contributed by atoms with Gasteiger partial charge >= 0.3 is 6.18 Å². The molecule has 1 aromatic carbocycles. The summed E-state index contributed by atoms with van der Waals surface area (Å²) in [5.74, 6) is -1.02. The molecule has 0 bridgehead atoms. The maximum Gasteiger partial charge on any atom is 0.416 e. The summed E-state index contributed by atoms with van der Waals surface area (Å²) in [6.45, 7) is 0. The van der Waals surface area contributed by atoms with E-state index >= 15 is 0 Å². The maximum absolute atomic E-state index is 12.4. The summed E-state index contributed by atoms with van der Waals surface area (Å²) in [6, 6.07) is 3.96. The third kappa shape index (κ3) is 3.55. The zero-order valence-corrected chi connectivity index (χ0v) is 8.85. The molecule has 18 heavy (non-hydrogen) atoms. The topological polar surface area (TPSA) is 91.6 Å². The van der Waals surface area contributed by atoms with Gasteiger partial charge in [-0.3, -0.25) is 4.79 Å². The minimum Gasteiger partial charge on any atom is -0.367 e. The lowest BCUT2D eigenvalue weighted by Gasteiger charge is -2.06. The summed E-state index contributed by atoms with van der Waals surface area (Å²) < 4.78 is 37.1. The minimum atomic E-state index is -4.50. The SMILES string of the molecule is N#C[C@@H](N=Nc1cccc(C(F)(F)F)c1)C(N)=O. The third-order valence-electron chi connectivity index (χ3n) is 1.85. The molecule has 0 aliphatic carbocycles. The number of alkyl halides is 3. The Morgan fingerprint density at radius 1 is 1.44 bits per heavy atom. The smallest absolute Gasteiger partial charge is 0.367 e. The van der Waals surface area contributed by atoms with E-state index in [2.05, 4.69) is 10.2 Å². The molecule has 0 aliphatic heterocycles. The monoisotopic (exact) mass is 256 g/mol. The highest BCUT2D eigenvalue weighted by atomic mass is 19.4. The fraction of sp³-hybridized carbons (Fsp3) is 0.200. The maximum atomic E-state index is 12.4. The van der Waals surface area contributed by atoms with Crippen LogP contribution in [0.2, 0.25) is 0 Å². The lowest BCUT2D eigenvalue weighted by atomic mass is 10.2. The highest BCUT2D eigenvalue weighted by Gasteiger charge is 2.30. The quantitative estimate of drug-likeness (QED) is 0.839. The average molecular weight is 256 g/mol. The molecule has 0 unspecified atom stereocenters. The van der Waals surface area contributed by atoms with E-state index in [0.717, 1.165) is 18.2 Å². The number of halogens is 3. The van der Waals surface area contributed by atoms with Crippen LogP contribution in [0.4, 0.5) is 18.9 Å². The van der Waals surface area contributed by atoms with Gasteiger partial charge in [0.1, 0.15) is 6.07 Å². The number of hydrogen-bond acceptors (Lipinski definition) is 4. The van der Waals surface area contributed by atoms with Crippen LogP contribution in [0.3, 0.4) is 0 Å². The van der Waals surface area contributed by atoms with Gasteiger partial charge in [0.05, 0.1) is 11.3 Å². The van der Waals surface area contributed by atoms with Gasteiger partial charge in [0.25, 0.3) is 5.91 Å². The van der Waals surface area contributed by atoms with Crippen LogP contribution in [0, 0.1) is 11.3 Å². The molecule has 1 aromatic rings. The van der Waals surface area contributed by atoms with Crippen molar-refractivity contribution >= 4 is 11.6 Å². The van der Waals surface area contributed by atoms with Crippen LogP contribution in [-0.2, 0) is 11.0 Å². The van der Waals surface area contributed by atoms with Crippen molar-refractivity contribution < 1.29 is 18.0 Å². The molecule has 0 radical (unpaired) electrons. The average Bonchev–Trinajstić information content (AvgIpc) is 2.28. The molecule has 0 saturated carbocycles. The largest absolute Gasteiger partial charge is 0.416 e. The first-order valence-electron chi connectivity index (χ1n) is 4.61. The number of hydrogen-bond donors (Lipinski definition) is 1. The van der Waals surface area contributed by atoms with Crippen LogP contribution in [0.5, 0.6) is 0 Å². The fourth-order valence-corrected chi connectivity index (χ4v) is 1.02. The molecule has 0 fully saturated rings. The first-order valence-corrected chi connectivity index (χ1v) is 4.61. The standard InChI is InChI=1S/C10H7F3N4O/c11-10(12,13)6-2-1-3-7(4-6)16-17-8(5-14)9(15)18/h1-4,8H,(H2,15,18)/t8-/m1/s1. The molecule has 0 aromatic heterocycles. The van der Waals surface area contributed by atoms with E-state index in [1.807, 2.05) is 0 Å². The van der Waals surface area contributed by atoms with Gasteiger partial charge in [0.2, 0.25) is 6.04 Å². The molecule has 0 heterocycles. The van der Waals surface area contributed by atoms with Crippen molar-refractivity contribution in [2.24, 2.45) is 16.0 Å². The fourth-order valence-electron chi connectivity index (χ4n) is 1.02. The summed E-state index contributed by atoms with van der Waals surface area (Å²) >= 11 is 0. The number of carbonyl (C=O) groups excluding carboxylic acids is 1. The van der Waals surface area contributed by atoms with Crippen LogP contribution < -0.4 is 5.73 Å². The van der Waals surface area contributed by atoms with Gasteiger partial charge in [0, 0.05) is 0 Å². The van der Waals surface area contributed by atoms with E-state index in [1.165, 1.54) is 12.1 Å². The molecule has 8 heteroatoms. The molecule has 2 N–H and O–H groups in total. The van der Waals surface area contributed by atoms with Gasteiger partial charge in [-0.15, -0.1) is 0 Å². The Kier molecular flexibility index (Phi) is 3.99. The summed E-state index contributed by atoms with van der Waals surface area (Å²) in [5.41, 5.74) is 3.80. The number of primary amides is 1. The van der Waals surface area contributed by atoms with Crippen molar-refractivity contribution in [3.63, 3.8) is 0 Å². The van der Waals surface area contributed by atoms with Gasteiger partial charge in [-0.1, -0.05) is 6.07 Å². The summed E-state index contributed by atoms with van der Waals surface area (Å²) in [4.78, 5) is 10.6. The number of benzene rings is 1. The van der Waals surface area contributed by atoms with Crippen molar-refractivity contribution in [1.29, 1.82) is 5.26 Å². The van der Waals surface area contributed by atoms with Crippen molar-refractivity contribution in [3.8, 4) is 6.07 Å². The summed E-state index contributed by atoms with van der Waals surface area (Å²) in [6.07, 6.45) is -4.50. The number of rotatable bonds is 3. The minimum absolute atomic E-state index is 0.119. The molecular weight excluding hydrogens is 249 g/mol. The predicted molar refractivity (Wildman–Crippen MR) is 54.6 cm³/mol. The number of carbonyl (C=O) groups is 1. The normalized spacial score (nSPS) is 13.2. The molecule has 1 rings (SSSR count). The van der Waals surface area contributed by atoms with Crippen LogP contribution >= 0.6 is 0 Å². The number of nitrogens with two attached hydrogens (primary N) is 1. The van der Waals surface area contributed by atoms with Crippen molar-refractivity contribution in [3.05, 3.63) is 29.8 Å². The van der Waals surface area contributed by atoms with Crippen LogP contribution in [-0.4, -0.2) is 11.9 Å². The number of azo groups is 1. The highest BCUT2D eigenvalue weighted by molar-refractivity contribution is 5.82. The Balaban J connectivity index is 2.96. The molecule has 5 nitrogen and oxygen atoms in total. The Morgan fingerprint density at radius 3 is 2.61 bits per heavy atom. The molecule has 0 spiro atoms. The number of nitrogens with zero attached hydrogens (tertiary/aromatic N) is 3. The Bertz CT molecular complexity index is 519. The first kappa shape index (κ1) is 13.6. The molecule has 1 atom stereocenters. The van der Waals surface area contributed by atoms with E-state index in [9.17, 15) is 18.0 Å². The molecule has 0 aliphatic rings. The van der Waals surface area contributed by atoms with Crippen LogP contribution in [0.25, 0.3) is 0 Å². The van der Waals surface area contributed by atoms with E-state index in [1.54, 1.807) is 0 Å². The van der Waals surface area contributed by atoms with Gasteiger partial charge in [-0.25, -0.2) is 0 Å². The lowest BCUT2D eigenvalue weighted by molar-refractivity contribution is -0.137. The lowest BCUT2D eigenvalue weighted by Crippen LogP contribution is -2.24. The van der Waals surface area contributed by atoms with E-state index < -0.39 is 23.7 Å². The molecular formula is C10H7F3N4O. The molecule has 1 amide bonds.